The van der Waals surface area contributed by atoms with Gasteiger partial charge in [0, 0.05) is 18.8 Å². The molecule has 100 valence electrons. The summed E-state index contributed by atoms with van der Waals surface area (Å²) < 4.78 is 2.26. The van der Waals surface area contributed by atoms with Crippen LogP contribution in [0.1, 0.15) is 42.6 Å². The van der Waals surface area contributed by atoms with Gasteiger partial charge in [-0.05, 0) is 32.3 Å². The Balaban J connectivity index is 1.76. The first-order chi connectivity index (χ1) is 9.24. The van der Waals surface area contributed by atoms with Crippen molar-refractivity contribution in [3.05, 3.63) is 53.6 Å². The third-order valence-corrected chi connectivity index (χ3v) is 3.87. The minimum absolute atomic E-state index is 0.333. The van der Waals surface area contributed by atoms with Crippen molar-refractivity contribution in [2.24, 2.45) is 0 Å². The van der Waals surface area contributed by atoms with Crippen molar-refractivity contribution < 1.29 is 0 Å². The minimum atomic E-state index is 0.333. The molecule has 1 fully saturated rings. The fourth-order valence-corrected chi connectivity index (χ4v) is 2.36. The third kappa shape index (κ3) is 2.87. The maximum absolute atomic E-state index is 4.31. The van der Waals surface area contributed by atoms with Gasteiger partial charge in [0.05, 0.1) is 18.1 Å². The van der Waals surface area contributed by atoms with Gasteiger partial charge >= 0.3 is 0 Å². The second-order valence-electron chi connectivity index (χ2n) is 5.53. The number of aromatic nitrogens is 2. The van der Waals surface area contributed by atoms with Crippen LogP contribution in [0.2, 0.25) is 0 Å². The summed E-state index contributed by atoms with van der Waals surface area (Å²) in [5, 5.41) is 3.55. The Morgan fingerprint density at radius 2 is 2.05 bits per heavy atom. The summed E-state index contributed by atoms with van der Waals surface area (Å²) in [6.45, 7) is 5.27. The van der Waals surface area contributed by atoms with Crippen molar-refractivity contribution >= 4 is 0 Å². The molecule has 0 radical (unpaired) electrons. The van der Waals surface area contributed by atoms with Crippen molar-refractivity contribution in [3.8, 4) is 0 Å². The maximum Gasteiger partial charge on any atom is 0.0954 e. The van der Waals surface area contributed by atoms with Crippen LogP contribution in [-0.2, 0) is 6.54 Å². The summed E-state index contributed by atoms with van der Waals surface area (Å²) in [5.74, 6) is 0. The van der Waals surface area contributed by atoms with Crippen LogP contribution in [0.3, 0.4) is 0 Å². The summed E-state index contributed by atoms with van der Waals surface area (Å²) >= 11 is 0. The number of aryl methyl sites for hydroxylation is 1. The van der Waals surface area contributed by atoms with Crippen LogP contribution in [0, 0.1) is 6.92 Å². The lowest BCUT2D eigenvalue weighted by Gasteiger charge is -2.17. The van der Waals surface area contributed by atoms with E-state index in [-0.39, 0.29) is 0 Å². The van der Waals surface area contributed by atoms with Gasteiger partial charge in [-0.3, -0.25) is 0 Å². The van der Waals surface area contributed by atoms with Gasteiger partial charge in [-0.1, -0.05) is 29.8 Å². The van der Waals surface area contributed by atoms with Crippen molar-refractivity contribution in [2.75, 3.05) is 0 Å². The zero-order valence-electron chi connectivity index (χ0n) is 11.6. The van der Waals surface area contributed by atoms with Crippen LogP contribution in [0.4, 0.5) is 0 Å². The zero-order valence-corrected chi connectivity index (χ0v) is 11.6. The molecule has 1 N–H and O–H groups in total. The average Bonchev–Trinajstić information content (AvgIpc) is 3.13. The molecule has 2 aromatic rings. The second kappa shape index (κ2) is 5.17. The van der Waals surface area contributed by atoms with E-state index in [9.17, 15) is 0 Å². The molecule has 0 bridgehead atoms. The Morgan fingerprint density at radius 3 is 2.74 bits per heavy atom. The van der Waals surface area contributed by atoms with E-state index in [1.54, 1.807) is 0 Å². The molecule has 1 aliphatic rings. The number of rotatable bonds is 5. The van der Waals surface area contributed by atoms with Crippen LogP contribution in [-0.4, -0.2) is 15.6 Å². The Labute approximate surface area is 114 Å². The highest BCUT2D eigenvalue weighted by Crippen LogP contribution is 2.22. The molecule has 1 heterocycles. The molecule has 1 aromatic heterocycles. The summed E-state index contributed by atoms with van der Waals surface area (Å²) in [6.07, 6.45) is 6.55. The molecule has 1 aromatic carbocycles. The van der Waals surface area contributed by atoms with Crippen LogP contribution in [0.25, 0.3) is 0 Å². The summed E-state index contributed by atoms with van der Waals surface area (Å²) in [4.78, 5) is 4.31. The smallest absolute Gasteiger partial charge is 0.0954 e. The Morgan fingerprint density at radius 1 is 1.32 bits per heavy atom. The number of hydrogen-bond donors (Lipinski definition) is 1. The highest BCUT2D eigenvalue weighted by molar-refractivity contribution is 5.25. The highest BCUT2D eigenvalue weighted by Gasteiger charge is 2.21. The Bertz CT molecular complexity index is 537. The van der Waals surface area contributed by atoms with E-state index in [0.29, 0.717) is 6.04 Å². The van der Waals surface area contributed by atoms with E-state index in [1.807, 2.05) is 12.5 Å². The molecule has 19 heavy (non-hydrogen) atoms. The number of hydrogen-bond acceptors (Lipinski definition) is 2. The molecule has 3 rings (SSSR count). The summed E-state index contributed by atoms with van der Waals surface area (Å²) in [5.41, 5.74) is 3.90. The average molecular weight is 255 g/mol. The lowest BCUT2D eigenvalue weighted by atomic mass is 10.1. The van der Waals surface area contributed by atoms with Gasteiger partial charge in [0.1, 0.15) is 0 Å². The predicted octanol–water partition coefficient (Wildman–Crippen LogP) is 3.05. The second-order valence-corrected chi connectivity index (χ2v) is 5.53. The third-order valence-electron chi connectivity index (χ3n) is 3.87. The summed E-state index contributed by atoms with van der Waals surface area (Å²) in [7, 11) is 0. The van der Waals surface area contributed by atoms with Crippen LogP contribution >= 0.6 is 0 Å². The Kier molecular flexibility index (Phi) is 3.38. The van der Waals surface area contributed by atoms with Gasteiger partial charge in [0.2, 0.25) is 0 Å². The van der Waals surface area contributed by atoms with Gasteiger partial charge in [0.15, 0.2) is 0 Å². The van der Waals surface area contributed by atoms with E-state index in [0.717, 1.165) is 12.6 Å². The molecule has 1 aliphatic carbocycles. The standard InChI is InChI=1S/C16H21N3/c1-12-3-5-14(6-4-12)13(2)19-11-17-9-16(19)10-18-15-7-8-15/h3-6,9,11,13,15,18H,7-8,10H2,1-2H3. The number of benzene rings is 1. The molecule has 0 aliphatic heterocycles. The number of imidazole rings is 1. The molecular weight excluding hydrogens is 234 g/mol. The molecule has 3 nitrogen and oxygen atoms in total. The maximum atomic E-state index is 4.31. The van der Waals surface area contributed by atoms with E-state index in [4.69, 9.17) is 0 Å². The highest BCUT2D eigenvalue weighted by atomic mass is 15.1. The topological polar surface area (TPSA) is 29.9 Å². The molecule has 1 saturated carbocycles. The van der Waals surface area contributed by atoms with Crippen LogP contribution in [0.5, 0.6) is 0 Å². The first-order valence-corrected chi connectivity index (χ1v) is 7.04. The quantitative estimate of drug-likeness (QED) is 0.890. The molecule has 1 atom stereocenters. The molecule has 0 saturated heterocycles. The van der Waals surface area contributed by atoms with Crippen molar-refractivity contribution in [1.29, 1.82) is 0 Å². The van der Waals surface area contributed by atoms with Gasteiger partial charge in [-0.2, -0.15) is 0 Å². The first-order valence-electron chi connectivity index (χ1n) is 7.04. The Hall–Kier alpha value is -1.61. The molecule has 1 unspecified atom stereocenters. The van der Waals surface area contributed by atoms with Gasteiger partial charge in [-0.15, -0.1) is 0 Å². The van der Waals surface area contributed by atoms with E-state index < -0.39 is 0 Å². The molecule has 0 amide bonds. The number of nitrogens with one attached hydrogen (secondary N) is 1. The largest absolute Gasteiger partial charge is 0.326 e. The zero-order chi connectivity index (χ0) is 13.2. The number of nitrogens with zero attached hydrogens (tertiary/aromatic N) is 2. The van der Waals surface area contributed by atoms with Crippen LogP contribution < -0.4 is 5.32 Å². The van der Waals surface area contributed by atoms with Gasteiger partial charge in [-0.25, -0.2) is 4.98 Å². The van der Waals surface area contributed by atoms with E-state index in [2.05, 4.69) is 53.0 Å². The van der Waals surface area contributed by atoms with Crippen molar-refractivity contribution in [3.63, 3.8) is 0 Å². The van der Waals surface area contributed by atoms with E-state index in [1.165, 1.54) is 29.7 Å². The van der Waals surface area contributed by atoms with Crippen molar-refractivity contribution in [2.45, 2.75) is 45.3 Å². The van der Waals surface area contributed by atoms with Crippen molar-refractivity contribution in [1.82, 2.24) is 14.9 Å². The van der Waals surface area contributed by atoms with Gasteiger partial charge in [0.25, 0.3) is 0 Å². The summed E-state index contributed by atoms with van der Waals surface area (Å²) in [6, 6.07) is 9.82. The molecule has 0 spiro atoms. The normalized spacial score (nSPS) is 16.5. The minimum Gasteiger partial charge on any atom is -0.326 e. The predicted molar refractivity (Wildman–Crippen MR) is 77.1 cm³/mol. The molecule has 3 heteroatoms. The first kappa shape index (κ1) is 12.4. The monoisotopic (exact) mass is 255 g/mol. The fourth-order valence-electron chi connectivity index (χ4n) is 2.36. The van der Waals surface area contributed by atoms with Gasteiger partial charge < -0.3 is 9.88 Å². The van der Waals surface area contributed by atoms with Crippen LogP contribution in [0.15, 0.2) is 36.8 Å². The SMILES string of the molecule is Cc1ccc(C(C)n2cncc2CNC2CC2)cc1. The lowest BCUT2D eigenvalue weighted by Crippen LogP contribution is -2.19. The fraction of sp³-hybridized carbons (Fsp3) is 0.438. The molecular formula is C16H21N3. The van der Waals surface area contributed by atoms with E-state index >= 15 is 0 Å². The lowest BCUT2D eigenvalue weighted by molar-refractivity contribution is 0.574.